The lowest BCUT2D eigenvalue weighted by atomic mass is 10.2. The molecular weight excluding hydrogens is 270 g/mol. The molecule has 1 unspecified atom stereocenters. The van der Waals surface area contributed by atoms with Gasteiger partial charge in [0.1, 0.15) is 6.07 Å². The van der Waals surface area contributed by atoms with Crippen LogP contribution in [0.3, 0.4) is 0 Å². The lowest BCUT2D eigenvalue weighted by Crippen LogP contribution is -2.12. The summed E-state index contributed by atoms with van der Waals surface area (Å²) >= 11 is 5.41. The number of nitrogens with zero attached hydrogens (tertiary/aromatic N) is 4. The molecule has 2 aromatic heterocycles. The van der Waals surface area contributed by atoms with Gasteiger partial charge in [-0.15, -0.1) is 0 Å². The third-order valence-electron chi connectivity index (χ3n) is 3.35. The summed E-state index contributed by atoms with van der Waals surface area (Å²) in [6.45, 7) is 2.88. The number of para-hydroxylation sites is 1. The molecule has 6 heteroatoms. The summed E-state index contributed by atoms with van der Waals surface area (Å²) in [5, 5.41) is 9.16. The number of aromatic amines is 1. The maximum absolute atomic E-state index is 9.16. The minimum atomic E-state index is 0.166. The van der Waals surface area contributed by atoms with Crippen molar-refractivity contribution in [3.63, 3.8) is 0 Å². The van der Waals surface area contributed by atoms with E-state index in [9.17, 15) is 0 Å². The quantitative estimate of drug-likeness (QED) is 0.751. The number of hydrogen-bond donors (Lipinski definition) is 1. The summed E-state index contributed by atoms with van der Waals surface area (Å²) in [4.78, 5) is 7.18. The van der Waals surface area contributed by atoms with Gasteiger partial charge in [-0.25, -0.2) is 4.98 Å². The summed E-state index contributed by atoms with van der Waals surface area (Å²) in [6, 6.07) is 8.00. The molecule has 1 atom stereocenters. The van der Waals surface area contributed by atoms with E-state index in [1.807, 2.05) is 27.5 Å². The number of hydrogen-bond acceptors (Lipinski definition) is 3. The molecule has 0 spiro atoms. The van der Waals surface area contributed by atoms with Crippen LogP contribution < -0.4 is 0 Å². The van der Waals surface area contributed by atoms with E-state index in [0.29, 0.717) is 10.3 Å². The van der Waals surface area contributed by atoms with Crippen LogP contribution in [-0.2, 0) is 6.54 Å². The first kappa shape index (κ1) is 12.6. The number of fused-ring (bicyclic) bond motifs is 1. The molecule has 3 rings (SSSR count). The highest BCUT2D eigenvalue weighted by Gasteiger charge is 2.13. The van der Waals surface area contributed by atoms with E-state index in [-0.39, 0.29) is 6.04 Å². The Kier molecular flexibility index (Phi) is 3.12. The largest absolute Gasteiger partial charge is 0.335 e. The second kappa shape index (κ2) is 4.94. The van der Waals surface area contributed by atoms with E-state index < -0.39 is 0 Å². The molecule has 20 heavy (non-hydrogen) atoms. The zero-order valence-electron chi connectivity index (χ0n) is 10.9. The monoisotopic (exact) mass is 283 g/mol. The van der Waals surface area contributed by atoms with E-state index in [4.69, 9.17) is 17.5 Å². The van der Waals surface area contributed by atoms with E-state index in [1.165, 1.54) is 0 Å². The molecule has 2 heterocycles. The highest BCUT2D eigenvalue weighted by Crippen LogP contribution is 2.22. The molecule has 1 aromatic carbocycles. The second-order valence-electron chi connectivity index (χ2n) is 4.72. The highest BCUT2D eigenvalue weighted by atomic mass is 32.1. The van der Waals surface area contributed by atoms with Crippen LogP contribution in [0.5, 0.6) is 0 Å². The fraction of sp³-hybridized carbons (Fsp3) is 0.214. The van der Waals surface area contributed by atoms with Crippen molar-refractivity contribution >= 4 is 23.3 Å². The van der Waals surface area contributed by atoms with Crippen LogP contribution in [0.1, 0.15) is 18.5 Å². The van der Waals surface area contributed by atoms with Crippen molar-refractivity contribution in [2.75, 3.05) is 0 Å². The van der Waals surface area contributed by atoms with E-state index >= 15 is 0 Å². The zero-order valence-corrected chi connectivity index (χ0v) is 11.8. The van der Waals surface area contributed by atoms with Crippen LogP contribution >= 0.6 is 12.2 Å². The van der Waals surface area contributed by atoms with E-state index in [2.05, 4.69) is 23.0 Å². The molecule has 3 aromatic rings. The average molecular weight is 283 g/mol. The molecule has 0 aliphatic carbocycles. The van der Waals surface area contributed by atoms with Gasteiger partial charge in [-0.3, -0.25) is 0 Å². The maximum atomic E-state index is 9.16. The molecule has 0 amide bonds. The van der Waals surface area contributed by atoms with Crippen LogP contribution in [-0.4, -0.2) is 19.1 Å². The summed E-state index contributed by atoms with van der Waals surface area (Å²) < 4.78 is 4.69. The fourth-order valence-electron chi connectivity index (χ4n) is 2.46. The van der Waals surface area contributed by atoms with Crippen molar-refractivity contribution in [1.29, 1.82) is 5.26 Å². The number of aromatic nitrogens is 4. The summed E-state index contributed by atoms with van der Waals surface area (Å²) in [5.74, 6) is 0. The molecular formula is C14H13N5S. The van der Waals surface area contributed by atoms with Crippen LogP contribution in [0.4, 0.5) is 0 Å². The van der Waals surface area contributed by atoms with E-state index in [1.54, 1.807) is 18.6 Å². The number of benzene rings is 1. The van der Waals surface area contributed by atoms with Crippen molar-refractivity contribution in [2.45, 2.75) is 19.5 Å². The van der Waals surface area contributed by atoms with Gasteiger partial charge in [-0.05, 0) is 31.3 Å². The van der Waals surface area contributed by atoms with Crippen molar-refractivity contribution in [3.8, 4) is 6.07 Å². The third kappa shape index (κ3) is 2.02. The van der Waals surface area contributed by atoms with Gasteiger partial charge in [0.05, 0.1) is 29.0 Å². The van der Waals surface area contributed by atoms with Gasteiger partial charge in [-0.1, -0.05) is 6.07 Å². The summed E-state index contributed by atoms with van der Waals surface area (Å²) in [6.07, 6.45) is 5.47. The zero-order chi connectivity index (χ0) is 14.1. The van der Waals surface area contributed by atoms with Crippen molar-refractivity contribution < 1.29 is 0 Å². The summed E-state index contributed by atoms with van der Waals surface area (Å²) in [5.41, 5.74) is 2.38. The lowest BCUT2D eigenvalue weighted by Gasteiger charge is -2.15. The van der Waals surface area contributed by atoms with Crippen LogP contribution in [0, 0.1) is 16.1 Å². The van der Waals surface area contributed by atoms with Crippen molar-refractivity contribution in [1.82, 2.24) is 19.1 Å². The number of rotatable bonds is 3. The molecule has 0 radical (unpaired) electrons. The molecule has 0 saturated heterocycles. The molecule has 5 nitrogen and oxygen atoms in total. The smallest absolute Gasteiger partial charge is 0.178 e. The van der Waals surface area contributed by atoms with E-state index in [0.717, 1.165) is 17.6 Å². The Balaban J connectivity index is 2.10. The Morgan fingerprint density at radius 3 is 3.05 bits per heavy atom. The second-order valence-corrected chi connectivity index (χ2v) is 5.11. The van der Waals surface area contributed by atoms with Gasteiger partial charge >= 0.3 is 0 Å². The topological polar surface area (TPSA) is 62.3 Å². The number of imidazole rings is 2. The molecule has 0 fully saturated rings. The van der Waals surface area contributed by atoms with Gasteiger partial charge in [0.25, 0.3) is 0 Å². The van der Waals surface area contributed by atoms with Gasteiger partial charge in [0.2, 0.25) is 0 Å². The average Bonchev–Trinajstić information content (AvgIpc) is 3.04. The Hall–Kier alpha value is -2.39. The molecule has 100 valence electrons. The van der Waals surface area contributed by atoms with Gasteiger partial charge < -0.3 is 14.1 Å². The Morgan fingerprint density at radius 2 is 2.35 bits per heavy atom. The standard InChI is InChI=1S/C14H13N5S/c1-10(8-18-6-5-16-9-18)19-12-4-2-3-11(7-15)13(12)17-14(19)20/h2-6,9-10H,8H2,1H3,(H,17,20). The molecule has 0 aliphatic heterocycles. The predicted octanol–water partition coefficient (Wildman–Crippen LogP) is 3.03. The maximum Gasteiger partial charge on any atom is 0.178 e. The van der Waals surface area contributed by atoms with Gasteiger partial charge in [0, 0.05) is 18.9 Å². The first-order valence-electron chi connectivity index (χ1n) is 6.30. The number of nitriles is 1. The first-order valence-corrected chi connectivity index (χ1v) is 6.70. The summed E-state index contributed by atoms with van der Waals surface area (Å²) in [7, 11) is 0. The Morgan fingerprint density at radius 1 is 1.50 bits per heavy atom. The van der Waals surface area contributed by atoms with Gasteiger partial charge in [0.15, 0.2) is 4.77 Å². The third-order valence-corrected chi connectivity index (χ3v) is 3.65. The highest BCUT2D eigenvalue weighted by molar-refractivity contribution is 7.71. The molecule has 0 aliphatic rings. The van der Waals surface area contributed by atoms with Crippen molar-refractivity contribution in [2.24, 2.45) is 0 Å². The molecule has 1 N–H and O–H groups in total. The minimum absolute atomic E-state index is 0.166. The lowest BCUT2D eigenvalue weighted by molar-refractivity contribution is 0.470. The minimum Gasteiger partial charge on any atom is -0.335 e. The first-order chi connectivity index (χ1) is 9.70. The Labute approximate surface area is 121 Å². The molecule has 0 bridgehead atoms. The Bertz CT molecular complexity index is 835. The van der Waals surface area contributed by atoms with Crippen LogP contribution in [0.25, 0.3) is 11.0 Å². The number of nitrogens with one attached hydrogen (secondary N) is 1. The fourth-order valence-corrected chi connectivity index (χ4v) is 2.84. The van der Waals surface area contributed by atoms with Gasteiger partial charge in [-0.2, -0.15) is 5.26 Å². The molecule has 0 saturated carbocycles. The predicted molar refractivity (Wildman–Crippen MR) is 78.8 cm³/mol. The van der Waals surface area contributed by atoms with Crippen molar-refractivity contribution in [3.05, 3.63) is 47.3 Å². The van der Waals surface area contributed by atoms with Crippen LogP contribution in [0.15, 0.2) is 36.9 Å². The SMILES string of the molecule is CC(Cn1ccnc1)n1c(=S)[nH]c2c(C#N)cccc21. The number of H-pyrrole nitrogens is 1. The van der Waals surface area contributed by atoms with Crippen LogP contribution in [0.2, 0.25) is 0 Å². The normalized spacial score (nSPS) is 12.4.